The van der Waals surface area contributed by atoms with Crippen molar-refractivity contribution in [3.8, 4) is 0 Å². The molecule has 0 unspecified atom stereocenters. The molecule has 0 saturated carbocycles. The number of anilines is 1. The van der Waals surface area contributed by atoms with Crippen LogP contribution in [0.4, 0.5) is 5.95 Å². The van der Waals surface area contributed by atoms with Crippen LogP contribution < -0.4 is 4.90 Å². The van der Waals surface area contributed by atoms with Crippen LogP contribution in [0.1, 0.15) is 20.3 Å². The summed E-state index contributed by atoms with van der Waals surface area (Å²) < 4.78 is 2.02. The second-order valence-electron chi connectivity index (χ2n) is 5.30. The van der Waals surface area contributed by atoms with E-state index in [0.29, 0.717) is 12.3 Å². The Morgan fingerprint density at radius 2 is 2.00 bits per heavy atom. The van der Waals surface area contributed by atoms with Gasteiger partial charge in [-0.25, -0.2) is 4.98 Å². The number of aryl methyl sites for hydroxylation is 1. The number of carbonyl (C=O) groups excluding carboxylic acids is 1. The van der Waals surface area contributed by atoms with Crippen LogP contribution in [-0.4, -0.2) is 46.5 Å². The highest BCUT2D eigenvalue weighted by molar-refractivity contribution is 5.76. The lowest BCUT2D eigenvalue weighted by Crippen LogP contribution is -2.49. The van der Waals surface area contributed by atoms with Crippen molar-refractivity contribution in [3.05, 3.63) is 12.4 Å². The smallest absolute Gasteiger partial charge is 0.222 e. The highest BCUT2D eigenvalue weighted by atomic mass is 16.2. The summed E-state index contributed by atoms with van der Waals surface area (Å²) in [6.07, 6.45) is 4.42. The van der Waals surface area contributed by atoms with Crippen LogP contribution in [0, 0.1) is 5.92 Å². The van der Waals surface area contributed by atoms with Gasteiger partial charge in [-0.1, -0.05) is 13.8 Å². The summed E-state index contributed by atoms with van der Waals surface area (Å²) in [5.74, 6) is 1.71. The molecule has 1 aliphatic heterocycles. The van der Waals surface area contributed by atoms with E-state index in [-0.39, 0.29) is 5.91 Å². The third kappa shape index (κ3) is 2.83. The summed E-state index contributed by atoms with van der Waals surface area (Å²) in [4.78, 5) is 20.5. The average molecular weight is 250 g/mol. The first-order valence-corrected chi connectivity index (χ1v) is 6.58. The zero-order chi connectivity index (χ0) is 13.1. The SMILES string of the molecule is CC(C)CC(=O)N1CCN(c2nccn2C)CC1. The second kappa shape index (κ2) is 5.42. The molecule has 5 heteroatoms. The Labute approximate surface area is 108 Å². The van der Waals surface area contributed by atoms with Gasteiger partial charge in [0.2, 0.25) is 11.9 Å². The van der Waals surface area contributed by atoms with Crippen LogP contribution in [0.2, 0.25) is 0 Å². The van der Waals surface area contributed by atoms with Crippen molar-refractivity contribution < 1.29 is 4.79 Å². The molecule has 1 amide bonds. The van der Waals surface area contributed by atoms with Crippen LogP contribution in [0.5, 0.6) is 0 Å². The predicted molar refractivity (Wildman–Crippen MR) is 71.5 cm³/mol. The minimum atomic E-state index is 0.282. The fraction of sp³-hybridized carbons (Fsp3) is 0.692. The van der Waals surface area contributed by atoms with Crippen molar-refractivity contribution in [1.29, 1.82) is 0 Å². The number of amides is 1. The van der Waals surface area contributed by atoms with Gasteiger partial charge >= 0.3 is 0 Å². The first kappa shape index (κ1) is 12.9. The number of imidazole rings is 1. The minimum Gasteiger partial charge on any atom is -0.339 e. The largest absolute Gasteiger partial charge is 0.339 e. The van der Waals surface area contributed by atoms with Crippen molar-refractivity contribution >= 4 is 11.9 Å². The van der Waals surface area contributed by atoms with Crippen LogP contribution in [0.15, 0.2) is 12.4 Å². The summed E-state index contributed by atoms with van der Waals surface area (Å²) in [6.45, 7) is 7.52. The van der Waals surface area contributed by atoms with E-state index in [0.717, 1.165) is 32.1 Å². The Morgan fingerprint density at radius 3 is 2.50 bits per heavy atom. The molecule has 5 nitrogen and oxygen atoms in total. The molecule has 0 aromatic carbocycles. The maximum absolute atomic E-state index is 12.0. The van der Waals surface area contributed by atoms with E-state index < -0.39 is 0 Å². The van der Waals surface area contributed by atoms with Crippen molar-refractivity contribution in [2.75, 3.05) is 31.1 Å². The molecule has 1 aromatic heterocycles. The molecule has 0 spiro atoms. The van der Waals surface area contributed by atoms with E-state index in [1.165, 1.54) is 0 Å². The van der Waals surface area contributed by atoms with Gasteiger partial charge in [0.15, 0.2) is 0 Å². The van der Waals surface area contributed by atoms with Crippen LogP contribution in [0.25, 0.3) is 0 Å². The van der Waals surface area contributed by atoms with Gasteiger partial charge in [-0.05, 0) is 5.92 Å². The van der Waals surface area contributed by atoms with E-state index in [1.54, 1.807) is 0 Å². The maximum atomic E-state index is 12.0. The van der Waals surface area contributed by atoms with Crippen LogP contribution in [-0.2, 0) is 11.8 Å². The van der Waals surface area contributed by atoms with Gasteiger partial charge in [0.1, 0.15) is 0 Å². The third-order valence-electron chi connectivity index (χ3n) is 3.29. The Balaban J connectivity index is 1.88. The monoisotopic (exact) mass is 250 g/mol. The predicted octanol–water partition coefficient (Wildman–Crippen LogP) is 1.11. The molecule has 1 saturated heterocycles. The Kier molecular flexibility index (Phi) is 3.89. The first-order valence-electron chi connectivity index (χ1n) is 6.58. The zero-order valence-corrected chi connectivity index (χ0v) is 11.5. The molecule has 100 valence electrons. The number of nitrogens with zero attached hydrogens (tertiary/aromatic N) is 4. The zero-order valence-electron chi connectivity index (χ0n) is 11.5. The molecular formula is C13H22N4O. The molecule has 18 heavy (non-hydrogen) atoms. The van der Waals surface area contributed by atoms with Gasteiger partial charge in [-0.3, -0.25) is 4.79 Å². The van der Waals surface area contributed by atoms with E-state index in [2.05, 4.69) is 23.7 Å². The summed E-state index contributed by atoms with van der Waals surface area (Å²) >= 11 is 0. The van der Waals surface area contributed by atoms with Crippen molar-refractivity contribution in [1.82, 2.24) is 14.5 Å². The molecule has 0 radical (unpaired) electrons. The number of aromatic nitrogens is 2. The van der Waals surface area contributed by atoms with Crippen LogP contribution >= 0.6 is 0 Å². The fourth-order valence-electron chi connectivity index (χ4n) is 2.30. The molecular weight excluding hydrogens is 228 g/mol. The first-order chi connectivity index (χ1) is 8.58. The lowest BCUT2D eigenvalue weighted by atomic mass is 10.1. The Hall–Kier alpha value is -1.52. The number of carbonyl (C=O) groups is 1. The normalized spacial score (nSPS) is 16.4. The molecule has 1 aliphatic rings. The van der Waals surface area contributed by atoms with E-state index in [4.69, 9.17) is 0 Å². The summed E-state index contributed by atoms with van der Waals surface area (Å²) in [5, 5.41) is 0. The summed E-state index contributed by atoms with van der Waals surface area (Å²) in [6, 6.07) is 0. The van der Waals surface area contributed by atoms with Gasteiger partial charge < -0.3 is 14.4 Å². The molecule has 0 atom stereocenters. The minimum absolute atomic E-state index is 0.282. The number of piperazine rings is 1. The molecule has 0 aliphatic carbocycles. The molecule has 2 rings (SSSR count). The third-order valence-corrected chi connectivity index (χ3v) is 3.29. The Morgan fingerprint density at radius 1 is 1.33 bits per heavy atom. The van der Waals surface area contributed by atoms with Gasteiger partial charge in [0.05, 0.1) is 0 Å². The molecule has 1 fully saturated rings. The van der Waals surface area contributed by atoms with Gasteiger partial charge in [-0.2, -0.15) is 0 Å². The molecule has 1 aromatic rings. The highest BCUT2D eigenvalue weighted by Crippen LogP contribution is 2.14. The fourth-order valence-corrected chi connectivity index (χ4v) is 2.30. The van der Waals surface area contributed by atoms with Crippen LogP contribution in [0.3, 0.4) is 0 Å². The second-order valence-corrected chi connectivity index (χ2v) is 5.30. The standard InChI is InChI=1S/C13H22N4O/c1-11(2)10-12(18)16-6-8-17(9-7-16)13-14-4-5-15(13)3/h4-5,11H,6-10H2,1-3H3. The number of hydrogen-bond donors (Lipinski definition) is 0. The number of rotatable bonds is 3. The highest BCUT2D eigenvalue weighted by Gasteiger charge is 2.23. The quantitative estimate of drug-likeness (QED) is 0.807. The van der Waals surface area contributed by atoms with E-state index in [1.807, 2.05) is 28.9 Å². The van der Waals surface area contributed by atoms with Gasteiger partial charge in [-0.15, -0.1) is 0 Å². The topological polar surface area (TPSA) is 41.4 Å². The van der Waals surface area contributed by atoms with Crippen molar-refractivity contribution in [3.63, 3.8) is 0 Å². The lowest BCUT2D eigenvalue weighted by Gasteiger charge is -2.35. The van der Waals surface area contributed by atoms with E-state index in [9.17, 15) is 4.79 Å². The lowest BCUT2D eigenvalue weighted by molar-refractivity contribution is -0.132. The van der Waals surface area contributed by atoms with Gasteiger partial charge in [0, 0.05) is 52.0 Å². The Bertz CT molecular complexity index is 405. The molecule has 0 N–H and O–H groups in total. The number of hydrogen-bond acceptors (Lipinski definition) is 3. The van der Waals surface area contributed by atoms with Gasteiger partial charge in [0.25, 0.3) is 0 Å². The maximum Gasteiger partial charge on any atom is 0.222 e. The van der Waals surface area contributed by atoms with E-state index >= 15 is 0 Å². The molecule has 2 heterocycles. The van der Waals surface area contributed by atoms with Crippen molar-refractivity contribution in [2.45, 2.75) is 20.3 Å². The summed E-state index contributed by atoms with van der Waals surface area (Å²) in [7, 11) is 2.00. The molecule has 0 bridgehead atoms. The van der Waals surface area contributed by atoms with Crippen molar-refractivity contribution in [2.24, 2.45) is 13.0 Å². The average Bonchev–Trinajstić information content (AvgIpc) is 2.75. The summed E-state index contributed by atoms with van der Waals surface area (Å²) in [5.41, 5.74) is 0.